The first kappa shape index (κ1) is 20.2. The molecule has 1 aliphatic rings. The molecular weight excluding hydrogens is 354 g/mol. The van der Waals surface area contributed by atoms with E-state index < -0.39 is 36.3 Å². The third-order valence-corrected chi connectivity index (χ3v) is 3.73. The average molecular weight is 377 g/mol. The van der Waals surface area contributed by atoms with E-state index in [1.165, 1.54) is 0 Å². The van der Waals surface area contributed by atoms with Gasteiger partial charge in [-0.2, -0.15) is 0 Å². The molecule has 5 amide bonds. The minimum absolute atomic E-state index is 0.415. The minimum atomic E-state index is -1.01. The molecule has 2 rings (SSSR count). The molecule has 1 aliphatic heterocycles. The summed E-state index contributed by atoms with van der Waals surface area (Å²) in [4.78, 5) is 49.8. The van der Waals surface area contributed by atoms with E-state index in [1.807, 2.05) is 13.8 Å². The van der Waals surface area contributed by atoms with Gasteiger partial charge in [-0.05, 0) is 39.8 Å². The number of nitrogens with zero attached hydrogens (tertiary/aromatic N) is 2. The zero-order valence-corrected chi connectivity index (χ0v) is 15.8. The third kappa shape index (κ3) is 4.36. The van der Waals surface area contributed by atoms with Gasteiger partial charge in [-0.15, -0.1) is 0 Å². The molecule has 27 heavy (non-hydrogen) atoms. The molecule has 1 saturated heterocycles. The Balaban J connectivity index is 2.09. The van der Waals surface area contributed by atoms with Gasteiger partial charge >= 0.3 is 17.8 Å². The Labute approximate surface area is 157 Å². The zero-order chi connectivity index (χ0) is 20.1. The molecule has 1 N–H and O–H groups in total. The van der Waals surface area contributed by atoms with E-state index in [1.54, 1.807) is 32.0 Å². The van der Waals surface area contributed by atoms with Crippen molar-refractivity contribution in [3.8, 4) is 11.5 Å². The van der Waals surface area contributed by atoms with Crippen LogP contribution in [0.5, 0.6) is 11.5 Å². The van der Waals surface area contributed by atoms with Crippen molar-refractivity contribution in [2.45, 2.75) is 33.7 Å². The van der Waals surface area contributed by atoms with Crippen LogP contribution >= 0.6 is 0 Å². The number of imide groups is 2. The number of ether oxygens (including phenoxy) is 2. The van der Waals surface area contributed by atoms with Crippen LogP contribution in [0.25, 0.3) is 0 Å². The normalized spacial score (nSPS) is 14.2. The Bertz CT molecular complexity index is 761. The third-order valence-electron chi connectivity index (χ3n) is 3.73. The number of hydrogen-bond donors (Lipinski definition) is 1. The average Bonchev–Trinajstić information content (AvgIpc) is 2.81. The van der Waals surface area contributed by atoms with Crippen molar-refractivity contribution < 1.29 is 28.7 Å². The Morgan fingerprint density at radius 1 is 1.04 bits per heavy atom. The summed E-state index contributed by atoms with van der Waals surface area (Å²) >= 11 is 0. The predicted molar refractivity (Wildman–Crippen MR) is 96.5 cm³/mol. The highest BCUT2D eigenvalue weighted by molar-refractivity contribution is 6.45. The molecule has 1 heterocycles. The number of carbonyl (C=O) groups is 4. The Hall–Kier alpha value is -3.10. The molecule has 0 bridgehead atoms. The summed E-state index contributed by atoms with van der Waals surface area (Å²) in [5.41, 5.74) is 0.415. The summed E-state index contributed by atoms with van der Waals surface area (Å²) < 4.78 is 10.9. The maximum Gasteiger partial charge on any atom is 0.334 e. The van der Waals surface area contributed by atoms with Crippen LogP contribution in [0.15, 0.2) is 18.2 Å². The van der Waals surface area contributed by atoms with Crippen molar-refractivity contribution in [1.82, 2.24) is 9.80 Å². The van der Waals surface area contributed by atoms with E-state index in [4.69, 9.17) is 9.47 Å². The van der Waals surface area contributed by atoms with Gasteiger partial charge in [0.1, 0.15) is 6.54 Å². The van der Waals surface area contributed by atoms with Crippen molar-refractivity contribution in [3.05, 3.63) is 18.2 Å². The topological polar surface area (TPSA) is 105 Å². The second-order valence-corrected chi connectivity index (χ2v) is 6.02. The standard InChI is InChI=1S/C18H23N3O6/c1-5-26-13-8-7-12(9-14(13)27-6-2)19-15(22)10-20-16(23)17(24)21(11(3)4)18(20)25/h7-9,11H,5-6,10H2,1-4H3,(H,19,22). The first-order valence-electron chi connectivity index (χ1n) is 8.68. The van der Waals surface area contributed by atoms with Crippen molar-refractivity contribution in [2.24, 2.45) is 0 Å². The lowest BCUT2D eigenvalue weighted by molar-refractivity contribution is -0.144. The first-order chi connectivity index (χ1) is 12.8. The first-order valence-corrected chi connectivity index (χ1v) is 8.68. The lowest BCUT2D eigenvalue weighted by Gasteiger charge is -2.18. The largest absolute Gasteiger partial charge is 0.490 e. The molecule has 146 valence electrons. The summed E-state index contributed by atoms with van der Waals surface area (Å²) in [5, 5.41) is 2.59. The van der Waals surface area contributed by atoms with Gasteiger partial charge < -0.3 is 14.8 Å². The van der Waals surface area contributed by atoms with Crippen LogP contribution in [0, 0.1) is 0 Å². The summed E-state index contributed by atoms with van der Waals surface area (Å²) in [6.07, 6.45) is 0. The van der Waals surface area contributed by atoms with Crippen LogP contribution in [0.1, 0.15) is 27.7 Å². The molecule has 0 aromatic heterocycles. The van der Waals surface area contributed by atoms with E-state index in [9.17, 15) is 19.2 Å². The van der Waals surface area contributed by atoms with Crippen molar-refractivity contribution in [3.63, 3.8) is 0 Å². The number of nitrogens with one attached hydrogen (secondary N) is 1. The summed E-state index contributed by atoms with van der Waals surface area (Å²) in [6.45, 7) is 7.22. The van der Waals surface area contributed by atoms with E-state index in [0.717, 1.165) is 4.90 Å². The monoisotopic (exact) mass is 377 g/mol. The van der Waals surface area contributed by atoms with Crippen molar-refractivity contribution >= 4 is 29.4 Å². The molecule has 0 spiro atoms. The number of benzene rings is 1. The molecule has 1 fully saturated rings. The Kier molecular flexibility index (Phi) is 6.38. The molecular formula is C18H23N3O6. The van der Waals surface area contributed by atoms with E-state index in [-0.39, 0.29) is 0 Å². The molecule has 0 radical (unpaired) electrons. The fraction of sp³-hybridized carbons (Fsp3) is 0.444. The van der Waals surface area contributed by atoms with E-state index in [0.29, 0.717) is 35.3 Å². The van der Waals surface area contributed by atoms with Crippen molar-refractivity contribution in [1.29, 1.82) is 0 Å². The number of carbonyl (C=O) groups excluding carboxylic acids is 4. The molecule has 1 aromatic rings. The van der Waals surface area contributed by atoms with Crippen LogP contribution in [0.2, 0.25) is 0 Å². The van der Waals surface area contributed by atoms with E-state index >= 15 is 0 Å². The predicted octanol–water partition coefficient (Wildman–Crippen LogP) is 1.62. The van der Waals surface area contributed by atoms with Gasteiger partial charge in [-0.1, -0.05) is 0 Å². The zero-order valence-electron chi connectivity index (χ0n) is 15.8. The summed E-state index contributed by atoms with van der Waals surface area (Å²) in [6, 6.07) is 3.59. The second kappa shape index (κ2) is 8.52. The highest BCUT2D eigenvalue weighted by atomic mass is 16.5. The lowest BCUT2D eigenvalue weighted by atomic mass is 10.2. The van der Waals surface area contributed by atoms with Crippen LogP contribution in [0.3, 0.4) is 0 Å². The fourth-order valence-electron chi connectivity index (χ4n) is 2.59. The second-order valence-electron chi connectivity index (χ2n) is 6.02. The van der Waals surface area contributed by atoms with Crippen LogP contribution < -0.4 is 14.8 Å². The molecule has 9 nitrogen and oxygen atoms in total. The molecule has 0 unspecified atom stereocenters. The molecule has 1 aromatic carbocycles. The smallest absolute Gasteiger partial charge is 0.334 e. The van der Waals surface area contributed by atoms with Crippen molar-refractivity contribution in [2.75, 3.05) is 25.1 Å². The van der Waals surface area contributed by atoms with E-state index in [2.05, 4.69) is 5.32 Å². The van der Waals surface area contributed by atoms with Crippen LogP contribution in [-0.2, 0) is 14.4 Å². The number of rotatable bonds is 8. The number of amides is 5. The number of hydrogen-bond acceptors (Lipinski definition) is 6. The minimum Gasteiger partial charge on any atom is -0.490 e. The highest BCUT2D eigenvalue weighted by Crippen LogP contribution is 2.30. The maximum atomic E-state index is 12.3. The molecule has 0 atom stereocenters. The van der Waals surface area contributed by atoms with Gasteiger partial charge in [0.15, 0.2) is 11.5 Å². The van der Waals surface area contributed by atoms with Gasteiger partial charge in [0.2, 0.25) is 5.91 Å². The van der Waals surface area contributed by atoms with Crippen LogP contribution in [0.4, 0.5) is 10.5 Å². The molecule has 0 aliphatic carbocycles. The quantitative estimate of drug-likeness (QED) is 0.545. The molecule has 9 heteroatoms. The van der Waals surface area contributed by atoms with Gasteiger partial charge in [-0.3, -0.25) is 19.3 Å². The summed E-state index contributed by atoms with van der Waals surface area (Å²) in [5.74, 6) is -1.54. The van der Waals surface area contributed by atoms with Gasteiger partial charge in [0, 0.05) is 17.8 Å². The Morgan fingerprint density at radius 3 is 2.22 bits per heavy atom. The maximum absolute atomic E-state index is 12.3. The van der Waals surface area contributed by atoms with Crippen LogP contribution in [-0.4, -0.2) is 59.4 Å². The fourth-order valence-corrected chi connectivity index (χ4v) is 2.59. The molecule has 0 saturated carbocycles. The van der Waals surface area contributed by atoms with Gasteiger partial charge in [-0.25, -0.2) is 9.69 Å². The highest BCUT2D eigenvalue weighted by Gasteiger charge is 2.46. The van der Waals surface area contributed by atoms with Gasteiger partial charge in [0.25, 0.3) is 0 Å². The number of urea groups is 1. The summed E-state index contributed by atoms with van der Waals surface area (Å²) in [7, 11) is 0. The number of anilines is 1. The van der Waals surface area contributed by atoms with Gasteiger partial charge in [0.05, 0.1) is 13.2 Å². The SMILES string of the molecule is CCOc1ccc(NC(=O)CN2C(=O)C(=O)N(C(C)C)C2=O)cc1OCC. The lowest BCUT2D eigenvalue weighted by Crippen LogP contribution is -2.40. The Morgan fingerprint density at radius 2 is 1.67 bits per heavy atom.